The number of hydrogen-bond acceptors (Lipinski definition) is 3. The number of carbonyl (C=O) groups excluding carboxylic acids is 1. The predicted octanol–water partition coefficient (Wildman–Crippen LogP) is 4.06. The highest BCUT2D eigenvalue weighted by Gasteiger charge is 2.27. The van der Waals surface area contributed by atoms with Crippen molar-refractivity contribution in [2.75, 3.05) is 26.2 Å². The normalized spacial score (nSPS) is 16.9. The van der Waals surface area contributed by atoms with Gasteiger partial charge in [-0.15, -0.1) is 0 Å². The number of ether oxygens (including phenoxy) is 1. The lowest BCUT2D eigenvalue weighted by molar-refractivity contribution is -0.122. The fourth-order valence-electron chi connectivity index (χ4n) is 4.26. The first-order valence-corrected chi connectivity index (χ1v) is 10.5. The zero-order chi connectivity index (χ0) is 20.1. The van der Waals surface area contributed by atoms with Crippen molar-refractivity contribution in [3.63, 3.8) is 0 Å². The third-order valence-electron chi connectivity index (χ3n) is 5.68. The number of hydrogen-bond donors (Lipinski definition) is 2. The van der Waals surface area contributed by atoms with Crippen LogP contribution < -0.4 is 10.1 Å². The van der Waals surface area contributed by atoms with E-state index in [9.17, 15) is 4.79 Å². The molecule has 152 valence electrons. The number of H-pyrrole nitrogens is 1. The summed E-state index contributed by atoms with van der Waals surface area (Å²) in [5.74, 6) is 0.999. The Morgan fingerprint density at radius 1 is 1.21 bits per heavy atom. The summed E-state index contributed by atoms with van der Waals surface area (Å²) < 4.78 is 5.54. The molecule has 1 aromatic heterocycles. The zero-order valence-corrected chi connectivity index (χ0v) is 17.0. The van der Waals surface area contributed by atoms with Crippen LogP contribution in [0, 0.1) is 0 Å². The van der Waals surface area contributed by atoms with Crippen molar-refractivity contribution in [1.82, 2.24) is 15.2 Å². The van der Waals surface area contributed by atoms with E-state index in [1.807, 2.05) is 37.4 Å². The maximum absolute atomic E-state index is 12.5. The van der Waals surface area contributed by atoms with Gasteiger partial charge in [-0.2, -0.15) is 0 Å². The summed E-state index contributed by atoms with van der Waals surface area (Å²) in [6.07, 6.45) is 5.09. The van der Waals surface area contributed by atoms with Gasteiger partial charge in [-0.1, -0.05) is 30.3 Å². The van der Waals surface area contributed by atoms with Gasteiger partial charge in [0, 0.05) is 29.7 Å². The van der Waals surface area contributed by atoms with Gasteiger partial charge < -0.3 is 15.0 Å². The molecule has 0 bridgehead atoms. The molecule has 0 aliphatic carbocycles. The average Bonchev–Trinajstić information content (AvgIpc) is 3.36. The summed E-state index contributed by atoms with van der Waals surface area (Å²) in [5, 5.41) is 4.33. The van der Waals surface area contributed by atoms with E-state index < -0.39 is 0 Å². The number of carbonyl (C=O) groups is 1. The summed E-state index contributed by atoms with van der Waals surface area (Å²) in [6, 6.07) is 16.9. The third-order valence-corrected chi connectivity index (χ3v) is 5.68. The van der Waals surface area contributed by atoms with Crippen LogP contribution in [0.2, 0.25) is 0 Å². The highest BCUT2D eigenvalue weighted by atomic mass is 16.5. The van der Waals surface area contributed by atoms with Crippen molar-refractivity contribution in [3.8, 4) is 5.75 Å². The van der Waals surface area contributed by atoms with E-state index in [2.05, 4.69) is 39.5 Å². The summed E-state index contributed by atoms with van der Waals surface area (Å²) in [4.78, 5) is 18.1. The maximum Gasteiger partial charge on any atom is 0.234 e. The number of likely N-dealkylation sites (tertiary alicyclic amines) is 1. The number of benzene rings is 2. The van der Waals surface area contributed by atoms with Crippen molar-refractivity contribution >= 4 is 16.8 Å². The molecule has 1 amide bonds. The third kappa shape index (κ3) is 4.62. The number of fused-ring (bicyclic) bond motifs is 1. The molecular weight excluding hydrogens is 362 g/mol. The van der Waals surface area contributed by atoms with E-state index in [-0.39, 0.29) is 5.91 Å². The van der Waals surface area contributed by atoms with Crippen molar-refractivity contribution < 1.29 is 9.53 Å². The molecule has 1 atom stereocenters. The molecule has 3 aromatic rings. The van der Waals surface area contributed by atoms with E-state index in [0.29, 0.717) is 25.7 Å². The van der Waals surface area contributed by atoms with Gasteiger partial charge in [-0.3, -0.25) is 9.69 Å². The van der Waals surface area contributed by atoms with E-state index >= 15 is 0 Å². The molecule has 1 aliphatic heterocycles. The van der Waals surface area contributed by atoms with Crippen LogP contribution in [0.1, 0.15) is 36.9 Å². The Morgan fingerprint density at radius 3 is 2.86 bits per heavy atom. The van der Waals surface area contributed by atoms with Gasteiger partial charge >= 0.3 is 0 Å². The fraction of sp³-hybridized carbons (Fsp3) is 0.375. The highest BCUT2D eigenvalue weighted by molar-refractivity contribution is 5.83. The Bertz CT molecular complexity index is 948. The standard InChI is InChI=1S/C24H29N3O2/c1-2-29-20-11-9-18(10-12-20)23-8-5-15-27(23)17-24(28)25-14-13-19-16-26-22-7-4-3-6-21(19)22/h3-4,6-7,9-12,16,23,26H,2,5,8,13-15,17H2,1H3,(H,25,28). The van der Waals surface area contributed by atoms with Crippen LogP contribution in [0.4, 0.5) is 0 Å². The Hall–Kier alpha value is -2.79. The van der Waals surface area contributed by atoms with Crippen LogP contribution >= 0.6 is 0 Å². The molecule has 5 heteroatoms. The van der Waals surface area contributed by atoms with E-state index in [4.69, 9.17) is 4.74 Å². The molecule has 1 fully saturated rings. The number of amides is 1. The first kappa shape index (κ1) is 19.5. The number of rotatable bonds is 8. The lowest BCUT2D eigenvalue weighted by atomic mass is 10.0. The van der Waals surface area contributed by atoms with Gasteiger partial charge in [0.2, 0.25) is 5.91 Å². The Morgan fingerprint density at radius 2 is 2.03 bits per heavy atom. The monoisotopic (exact) mass is 391 g/mol. The van der Waals surface area contributed by atoms with Crippen molar-refractivity contribution in [1.29, 1.82) is 0 Å². The number of para-hydroxylation sites is 1. The topological polar surface area (TPSA) is 57.4 Å². The van der Waals surface area contributed by atoms with Crippen LogP contribution in [-0.4, -0.2) is 42.0 Å². The molecule has 1 saturated heterocycles. The van der Waals surface area contributed by atoms with E-state index in [1.54, 1.807) is 0 Å². The quantitative estimate of drug-likeness (QED) is 0.609. The second-order valence-electron chi connectivity index (χ2n) is 7.59. The largest absolute Gasteiger partial charge is 0.494 e. The smallest absolute Gasteiger partial charge is 0.234 e. The molecule has 2 aromatic carbocycles. The second kappa shape index (κ2) is 9.14. The van der Waals surface area contributed by atoms with E-state index in [0.717, 1.165) is 37.1 Å². The summed E-state index contributed by atoms with van der Waals surface area (Å²) in [6.45, 7) is 4.74. The average molecular weight is 392 g/mol. The number of nitrogens with one attached hydrogen (secondary N) is 2. The molecule has 2 heterocycles. The SMILES string of the molecule is CCOc1ccc(C2CCCN2CC(=O)NCCc2c[nH]c3ccccc23)cc1. The fourth-order valence-corrected chi connectivity index (χ4v) is 4.26. The van der Waals surface area contributed by atoms with Gasteiger partial charge in [0.15, 0.2) is 0 Å². The molecule has 0 radical (unpaired) electrons. The Balaban J connectivity index is 1.29. The minimum Gasteiger partial charge on any atom is -0.494 e. The first-order chi connectivity index (χ1) is 14.2. The molecule has 1 unspecified atom stereocenters. The van der Waals surface area contributed by atoms with Crippen molar-refractivity contribution in [3.05, 3.63) is 65.9 Å². The minimum absolute atomic E-state index is 0.0997. The summed E-state index contributed by atoms with van der Waals surface area (Å²) >= 11 is 0. The van der Waals surface area contributed by atoms with Crippen LogP contribution in [0.5, 0.6) is 5.75 Å². The van der Waals surface area contributed by atoms with E-state index in [1.165, 1.54) is 16.5 Å². The molecule has 4 rings (SSSR count). The Kier molecular flexibility index (Phi) is 6.15. The molecule has 2 N–H and O–H groups in total. The van der Waals surface area contributed by atoms with Gasteiger partial charge in [-0.05, 0) is 62.1 Å². The predicted molar refractivity (Wildman–Crippen MR) is 116 cm³/mol. The molecule has 5 nitrogen and oxygen atoms in total. The van der Waals surface area contributed by atoms with Crippen LogP contribution in [0.25, 0.3) is 10.9 Å². The lowest BCUT2D eigenvalue weighted by Crippen LogP contribution is -2.37. The second-order valence-corrected chi connectivity index (χ2v) is 7.59. The number of aromatic amines is 1. The van der Waals surface area contributed by atoms with Gasteiger partial charge in [-0.25, -0.2) is 0 Å². The summed E-state index contributed by atoms with van der Waals surface area (Å²) in [7, 11) is 0. The minimum atomic E-state index is 0.0997. The van der Waals surface area contributed by atoms with Gasteiger partial charge in [0.05, 0.1) is 13.2 Å². The van der Waals surface area contributed by atoms with Crippen LogP contribution in [-0.2, 0) is 11.2 Å². The molecular formula is C24H29N3O2. The summed E-state index contributed by atoms with van der Waals surface area (Å²) in [5.41, 5.74) is 3.65. The molecule has 0 spiro atoms. The first-order valence-electron chi connectivity index (χ1n) is 10.5. The van der Waals surface area contributed by atoms with Crippen LogP contribution in [0.3, 0.4) is 0 Å². The molecule has 1 aliphatic rings. The van der Waals surface area contributed by atoms with Gasteiger partial charge in [0.25, 0.3) is 0 Å². The molecule has 29 heavy (non-hydrogen) atoms. The number of aromatic nitrogens is 1. The highest BCUT2D eigenvalue weighted by Crippen LogP contribution is 2.32. The molecule has 0 saturated carbocycles. The van der Waals surface area contributed by atoms with Crippen molar-refractivity contribution in [2.45, 2.75) is 32.2 Å². The van der Waals surface area contributed by atoms with Crippen molar-refractivity contribution in [2.24, 2.45) is 0 Å². The Labute approximate surface area is 172 Å². The number of nitrogens with zero attached hydrogens (tertiary/aromatic N) is 1. The maximum atomic E-state index is 12.5. The van der Waals surface area contributed by atoms with Crippen LogP contribution in [0.15, 0.2) is 54.7 Å². The van der Waals surface area contributed by atoms with Gasteiger partial charge in [0.1, 0.15) is 5.75 Å². The zero-order valence-electron chi connectivity index (χ0n) is 17.0. The lowest BCUT2D eigenvalue weighted by Gasteiger charge is -2.24.